The van der Waals surface area contributed by atoms with Crippen molar-refractivity contribution in [3.8, 4) is 0 Å². The van der Waals surface area contributed by atoms with E-state index >= 15 is 0 Å². The molecule has 2 saturated heterocycles. The third kappa shape index (κ3) is 6.63. The van der Waals surface area contributed by atoms with Gasteiger partial charge in [-0.25, -0.2) is 0 Å². The molecule has 3 heterocycles. The minimum atomic E-state index is -3.77. The molecule has 2 bridgehead atoms. The molecule has 0 aromatic carbocycles. The number of rotatable bonds is 8. The lowest BCUT2D eigenvalue weighted by atomic mass is 9.90. The second kappa shape index (κ2) is 10.1. The molecule has 0 radical (unpaired) electrons. The van der Waals surface area contributed by atoms with Gasteiger partial charge in [0.1, 0.15) is 11.9 Å². The van der Waals surface area contributed by atoms with Gasteiger partial charge < -0.3 is 27.9 Å². The predicted molar refractivity (Wildman–Crippen MR) is 115 cm³/mol. The van der Waals surface area contributed by atoms with Gasteiger partial charge in [-0.15, -0.1) is 13.2 Å². The Morgan fingerprint density at radius 1 is 1.06 bits per heavy atom. The van der Waals surface area contributed by atoms with Crippen LogP contribution in [0.15, 0.2) is 37.1 Å². The Labute approximate surface area is 185 Å². The molecule has 0 aromatic heterocycles. The van der Waals surface area contributed by atoms with Gasteiger partial charge >= 0.3 is 10.1 Å². The number of hydrogen-bond acceptors (Lipinski definition) is 8. The van der Waals surface area contributed by atoms with Gasteiger partial charge in [-0.05, 0) is 39.2 Å². The molecule has 2 fully saturated rings. The van der Waals surface area contributed by atoms with Crippen LogP contribution in [0.5, 0.6) is 0 Å². The highest BCUT2D eigenvalue weighted by molar-refractivity contribution is 7.86. The van der Waals surface area contributed by atoms with Crippen LogP contribution >= 0.6 is 0 Å². The lowest BCUT2D eigenvalue weighted by Crippen LogP contribution is -2.51. The first-order valence-electron chi connectivity index (χ1n) is 10.7. The Morgan fingerprint density at radius 2 is 1.68 bits per heavy atom. The van der Waals surface area contributed by atoms with Crippen molar-refractivity contribution in [1.29, 1.82) is 0 Å². The van der Waals surface area contributed by atoms with Crippen LogP contribution in [0.2, 0.25) is 0 Å². The average Bonchev–Trinajstić information content (AvgIpc) is 2.99. The maximum Gasteiger partial charge on any atom is 0.306 e. The molecule has 0 spiro atoms. The Bertz CT molecular complexity index is 774. The maximum atomic E-state index is 12.0. The van der Waals surface area contributed by atoms with E-state index in [1.807, 2.05) is 13.8 Å². The first kappa shape index (κ1) is 24.4. The van der Waals surface area contributed by atoms with Crippen molar-refractivity contribution in [2.45, 2.75) is 81.9 Å². The summed E-state index contributed by atoms with van der Waals surface area (Å²) in [5.41, 5.74) is 0. The quantitative estimate of drug-likeness (QED) is 0.405. The van der Waals surface area contributed by atoms with E-state index in [0.29, 0.717) is 32.5 Å². The van der Waals surface area contributed by atoms with Gasteiger partial charge in [0.15, 0.2) is 5.79 Å². The summed E-state index contributed by atoms with van der Waals surface area (Å²) < 4.78 is 59.8. The molecule has 0 saturated carbocycles. The topological polar surface area (TPSA) is 89.5 Å². The highest BCUT2D eigenvalue weighted by Gasteiger charge is 2.46. The third-order valence-corrected chi connectivity index (χ3v) is 5.99. The predicted octanol–water partition coefficient (Wildman–Crippen LogP) is 2.85. The van der Waals surface area contributed by atoms with Gasteiger partial charge in [0.25, 0.3) is 0 Å². The van der Waals surface area contributed by atoms with Crippen molar-refractivity contribution in [3.63, 3.8) is 0 Å². The van der Waals surface area contributed by atoms with Gasteiger partial charge in [-0.2, -0.15) is 8.42 Å². The van der Waals surface area contributed by atoms with Crippen molar-refractivity contribution in [3.05, 3.63) is 37.1 Å². The number of ether oxygens (including phenoxy) is 5. The van der Waals surface area contributed by atoms with E-state index in [0.717, 1.165) is 12.7 Å². The fraction of sp³-hybridized carbons (Fsp3) is 0.727. The van der Waals surface area contributed by atoms with Crippen LogP contribution in [0.25, 0.3) is 0 Å². The second-order valence-electron chi connectivity index (χ2n) is 8.57. The first-order valence-corrected chi connectivity index (χ1v) is 12.5. The lowest BCUT2D eigenvalue weighted by Gasteiger charge is -2.42. The van der Waals surface area contributed by atoms with Gasteiger partial charge in [-0.3, -0.25) is 0 Å². The maximum absolute atomic E-state index is 12.0. The number of fused-ring (bicyclic) bond motifs is 3. The molecule has 0 unspecified atom stereocenters. The summed E-state index contributed by atoms with van der Waals surface area (Å²) in [5.74, 6) is -0.503. The second-order valence-corrected chi connectivity index (χ2v) is 10.1. The van der Waals surface area contributed by atoms with Gasteiger partial charge in [0.05, 0.1) is 50.0 Å². The van der Waals surface area contributed by atoms with Crippen LogP contribution in [-0.2, 0) is 38.0 Å². The van der Waals surface area contributed by atoms with Crippen LogP contribution in [-0.4, -0.2) is 70.3 Å². The van der Waals surface area contributed by atoms with Crippen molar-refractivity contribution in [1.82, 2.24) is 0 Å². The monoisotopic (exact) mass is 458 g/mol. The molecular formula is C22H34O8S. The zero-order valence-corrected chi connectivity index (χ0v) is 19.3. The Hall–Kier alpha value is -1.23. The zero-order valence-electron chi connectivity index (χ0n) is 18.5. The Morgan fingerprint density at radius 3 is 2.32 bits per heavy atom. The summed E-state index contributed by atoms with van der Waals surface area (Å²) in [6, 6.07) is 0. The van der Waals surface area contributed by atoms with E-state index in [4.69, 9.17) is 27.9 Å². The molecule has 6 atom stereocenters. The van der Waals surface area contributed by atoms with E-state index in [-0.39, 0.29) is 30.2 Å². The van der Waals surface area contributed by atoms with Gasteiger partial charge in [0, 0.05) is 6.42 Å². The largest absolute Gasteiger partial charge is 0.385 e. The summed E-state index contributed by atoms with van der Waals surface area (Å²) in [6.45, 7) is 11.9. The van der Waals surface area contributed by atoms with Gasteiger partial charge in [0.2, 0.25) is 0 Å². The Balaban J connectivity index is 1.95. The summed E-state index contributed by atoms with van der Waals surface area (Å²) >= 11 is 0. The fourth-order valence-corrected chi connectivity index (χ4v) is 4.89. The molecule has 3 aliphatic rings. The number of hydrogen-bond donors (Lipinski definition) is 0. The van der Waals surface area contributed by atoms with Gasteiger partial charge in [-0.1, -0.05) is 12.2 Å². The SMILES string of the molecule is C=CCO[C@H]1C[C@@H](OCC=C)[C@@H]2CC[C@@H]3OC(C)(C)O[C@H]3C/C=C(/OS(C)(=O)=O)[C@H]1O2. The minimum absolute atomic E-state index is 0.138. The summed E-state index contributed by atoms with van der Waals surface area (Å²) in [5, 5.41) is 0. The van der Waals surface area contributed by atoms with Crippen LogP contribution in [0.4, 0.5) is 0 Å². The van der Waals surface area contributed by atoms with Crippen molar-refractivity contribution >= 4 is 10.1 Å². The molecule has 9 heteroatoms. The lowest BCUT2D eigenvalue weighted by molar-refractivity contribution is -0.191. The molecule has 0 aromatic rings. The molecule has 31 heavy (non-hydrogen) atoms. The third-order valence-electron chi connectivity index (χ3n) is 5.49. The zero-order chi connectivity index (χ0) is 22.6. The van der Waals surface area contributed by atoms with Crippen LogP contribution in [0.3, 0.4) is 0 Å². The van der Waals surface area contributed by atoms with Crippen LogP contribution < -0.4 is 0 Å². The summed E-state index contributed by atoms with van der Waals surface area (Å²) in [7, 11) is -3.77. The van der Waals surface area contributed by atoms with Crippen molar-refractivity contribution in [2.75, 3.05) is 19.5 Å². The highest BCUT2D eigenvalue weighted by Crippen LogP contribution is 2.38. The first-order chi connectivity index (χ1) is 14.6. The molecule has 0 amide bonds. The molecule has 3 rings (SSSR count). The van der Waals surface area contributed by atoms with Crippen LogP contribution in [0.1, 0.15) is 39.5 Å². The molecule has 8 nitrogen and oxygen atoms in total. The van der Waals surface area contributed by atoms with E-state index in [2.05, 4.69) is 13.2 Å². The fourth-order valence-electron chi connectivity index (χ4n) is 4.37. The normalized spacial score (nSPS) is 37.2. The minimum Gasteiger partial charge on any atom is -0.385 e. The van der Waals surface area contributed by atoms with E-state index in [1.54, 1.807) is 18.2 Å². The molecule has 0 N–H and O–H groups in total. The molecule has 176 valence electrons. The van der Waals surface area contributed by atoms with E-state index < -0.39 is 28.1 Å². The average molecular weight is 459 g/mol. The van der Waals surface area contributed by atoms with Crippen LogP contribution in [0, 0.1) is 0 Å². The molecule has 3 aliphatic heterocycles. The highest BCUT2D eigenvalue weighted by atomic mass is 32.2. The molecule has 0 aliphatic carbocycles. The van der Waals surface area contributed by atoms with E-state index in [9.17, 15) is 8.42 Å². The van der Waals surface area contributed by atoms with Crippen molar-refractivity contribution in [2.24, 2.45) is 0 Å². The molecular weight excluding hydrogens is 424 g/mol. The Kier molecular flexibility index (Phi) is 7.99. The summed E-state index contributed by atoms with van der Waals surface area (Å²) in [6.07, 6.45) is 6.42. The van der Waals surface area contributed by atoms with E-state index in [1.165, 1.54) is 0 Å². The van der Waals surface area contributed by atoms with Crippen molar-refractivity contribution < 1.29 is 36.3 Å². The summed E-state index contributed by atoms with van der Waals surface area (Å²) in [4.78, 5) is 0. The smallest absolute Gasteiger partial charge is 0.306 e. The standard InChI is InChI=1S/C22H34O8S/c1-6-12-25-19-14-20(26-13-7-2)21-18(30-31(5,23)24)11-10-17-16(9-8-15(19)27-21)28-22(3,4)29-17/h6-7,11,15-17,19-21H,1-2,8-10,12-14H2,3-5H3/b18-11+/t15-,16-,17-,19+,20-,21+/m0/s1.